The molecule has 2 rings (SSSR count). The molecule has 0 fully saturated rings. The summed E-state index contributed by atoms with van der Waals surface area (Å²) in [6, 6.07) is 5.32. The lowest BCUT2D eigenvalue weighted by molar-refractivity contribution is 0.0544. The third-order valence-electron chi connectivity index (χ3n) is 2.63. The third-order valence-corrected chi connectivity index (χ3v) is 2.63. The van der Waals surface area contributed by atoms with E-state index in [0.29, 0.717) is 17.0 Å². The zero-order chi connectivity index (χ0) is 14.2. The predicted octanol–water partition coefficient (Wildman–Crippen LogP) is 3.02. The molecular weight excluding hydrogens is 244 g/mol. The summed E-state index contributed by atoms with van der Waals surface area (Å²) >= 11 is 0. The molecule has 2 aromatic rings. The van der Waals surface area contributed by atoms with Gasteiger partial charge in [-0.25, -0.2) is 4.79 Å². The number of aromatic nitrogens is 1. The van der Waals surface area contributed by atoms with Gasteiger partial charge >= 0.3 is 6.09 Å². The molecule has 0 atom stereocenters. The monoisotopic (exact) mass is 262 g/mol. The number of benzene rings is 1. The van der Waals surface area contributed by atoms with Crippen LogP contribution in [0.3, 0.4) is 0 Å². The Labute approximate surface area is 111 Å². The van der Waals surface area contributed by atoms with Crippen LogP contribution in [0.25, 0.3) is 10.9 Å². The van der Waals surface area contributed by atoms with Crippen LogP contribution in [0.5, 0.6) is 5.75 Å². The lowest BCUT2D eigenvalue weighted by Crippen LogP contribution is -2.26. The van der Waals surface area contributed by atoms with Crippen LogP contribution in [0.2, 0.25) is 0 Å². The number of nitrogens with two attached hydrogens (primary N) is 1. The number of carbonyl (C=O) groups excluding carboxylic acids is 1. The van der Waals surface area contributed by atoms with Gasteiger partial charge in [0.2, 0.25) is 0 Å². The Morgan fingerprint density at radius 1 is 1.32 bits per heavy atom. The molecule has 1 aromatic heterocycles. The van der Waals surface area contributed by atoms with Crippen molar-refractivity contribution in [2.24, 2.45) is 0 Å². The average molecular weight is 262 g/mol. The van der Waals surface area contributed by atoms with Gasteiger partial charge in [0, 0.05) is 11.6 Å². The topological polar surface area (TPSA) is 66.5 Å². The fraction of sp³-hybridized carbons (Fsp3) is 0.357. The number of fused-ring (bicyclic) bond motifs is 1. The zero-order valence-electron chi connectivity index (χ0n) is 11.6. The molecule has 102 valence electrons. The summed E-state index contributed by atoms with van der Waals surface area (Å²) in [6.45, 7) is 5.48. The third kappa shape index (κ3) is 2.65. The molecule has 5 nitrogen and oxygen atoms in total. The lowest BCUT2D eigenvalue weighted by atomic mass is 10.2. The predicted molar refractivity (Wildman–Crippen MR) is 74.5 cm³/mol. The van der Waals surface area contributed by atoms with Crippen LogP contribution in [0, 0.1) is 0 Å². The maximum Gasteiger partial charge on any atom is 0.418 e. The summed E-state index contributed by atoms with van der Waals surface area (Å²) < 4.78 is 11.9. The molecule has 5 heteroatoms. The summed E-state index contributed by atoms with van der Waals surface area (Å²) in [4.78, 5) is 12.1. The van der Waals surface area contributed by atoms with Gasteiger partial charge in [0.1, 0.15) is 11.4 Å². The first-order chi connectivity index (χ1) is 8.81. The van der Waals surface area contributed by atoms with Crippen molar-refractivity contribution in [3.05, 3.63) is 24.4 Å². The van der Waals surface area contributed by atoms with Crippen LogP contribution in [-0.2, 0) is 4.74 Å². The first-order valence-electron chi connectivity index (χ1n) is 6.00. The Morgan fingerprint density at radius 3 is 2.58 bits per heavy atom. The average Bonchev–Trinajstić information content (AvgIpc) is 2.68. The van der Waals surface area contributed by atoms with E-state index in [0.717, 1.165) is 5.39 Å². The fourth-order valence-corrected chi connectivity index (χ4v) is 1.82. The van der Waals surface area contributed by atoms with Gasteiger partial charge in [-0.1, -0.05) is 0 Å². The molecule has 0 saturated carbocycles. The minimum atomic E-state index is -0.536. The fourth-order valence-electron chi connectivity index (χ4n) is 1.82. The SMILES string of the molecule is COc1cc2ccn(C(=O)OC(C)(C)C)c2cc1N. The van der Waals surface area contributed by atoms with E-state index < -0.39 is 11.7 Å². The number of hydrogen-bond donors (Lipinski definition) is 1. The van der Waals surface area contributed by atoms with Crippen molar-refractivity contribution in [2.75, 3.05) is 12.8 Å². The van der Waals surface area contributed by atoms with Crippen molar-refractivity contribution in [1.82, 2.24) is 4.57 Å². The number of anilines is 1. The van der Waals surface area contributed by atoms with Crippen molar-refractivity contribution >= 4 is 22.7 Å². The second-order valence-corrected chi connectivity index (χ2v) is 5.32. The zero-order valence-corrected chi connectivity index (χ0v) is 11.6. The molecule has 0 bridgehead atoms. The highest BCUT2D eigenvalue weighted by atomic mass is 16.6. The van der Waals surface area contributed by atoms with Crippen LogP contribution in [0.4, 0.5) is 10.5 Å². The summed E-state index contributed by atoms with van der Waals surface area (Å²) in [5, 5.41) is 0.872. The van der Waals surface area contributed by atoms with Crippen molar-refractivity contribution in [3.8, 4) is 5.75 Å². The van der Waals surface area contributed by atoms with Crippen LogP contribution in [0.15, 0.2) is 24.4 Å². The second kappa shape index (κ2) is 4.50. The van der Waals surface area contributed by atoms with Crippen LogP contribution in [0.1, 0.15) is 20.8 Å². The van der Waals surface area contributed by atoms with E-state index in [1.807, 2.05) is 26.8 Å². The standard InChI is InChI=1S/C14H18N2O3/c1-14(2,3)19-13(17)16-6-5-9-7-12(18-4)10(15)8-11(9)16/h5-8H,15H2,1-4H3. The van der Waals surface area contributed by atoms with Gasteiger partial charge in [0.25, 0.3) is 0 Å². The number of nitrogens with zero attached hydrogens (tertiary/aromatic N) is 1. The van der Waals surface area contributed by atoms with Crippen molar-refractivity contribution in [2.45, 2.75) is 26.4 Å². The second-order valence-electron chi connectivity index (χ2n) is 5.32. The normalized spacial score (nSPS) is 11.6. The van der Waals surface area contributed by atoms with Crippen LogP contribution >= 0.6 is 0 Å². The van der Waals surface area contributed by atoms with Gasteiger partial charge in [-0.15, -0.1) is 0 Å². The van der Waals surface area contributed by atoms with Crippen molar-refractivity contribution in [1.29, 1.82) is 0 Å². The van der Waals surface area contributed by atoms with Gasteiger partial charge in [0.05, 0.1) is 18.3 Å². The number of hydrogen-bond acceptors (Lipinski definition) is 4. The molecular formula is C14H18N2O3. The summed E-state index contributed by atoms with van der Waals surface area (Å²) in [6.07, 6.45) is 1.24. The molecule has 0 radical (unpaired) electrons. The maximum absolute atomic E-state index is 12.1. The summed E-state index contributed by atoms with van der Waals surface area (Å²) in [7, 11) is 1.56. The highest BCUT2D eigenvalue weighted by Crippen LogP contribution is 2.29. The van der Waals surface area contributed by atoms with Crippen molar-refractivity contribution < 1.29 is 14.3 Å². The van der Waals surface area contributed by atoms with Gasteiger partial charge in [-0.3, -0.25) is 4.57 Å². The van der Waals surface area contributed by atoms with Crippen LogP contribution in [-0.4, -0.2) is 23.4 Å². The number of methoxy groups -OCH3 is 1. The summed E-state index contributed by atoms with van der Waals surface area (Å²) in [5.74, 6) is 0.592. The molecule has 0 aliphatic rings. The quantitative estimate of drug-likeness (QED) is 0.802. The smallest absolute Gasteiger partial charge is 0.418 e. The Morgan fingerprint density at radius 2 is 2.00 bits per heavy atom. The van der Waals surface area contributed by atoms with Crippen molar-refractivity contribution in [3.63, 3.8) is 0 Å². The largest absolute Gasteiger partial charge is 0.495 e. The number of carbonyl (C=O) groups is 1. The Bertz CT molecular complexity index is 623. The van der Waals surface area contributed by atoms with Gasteiger partial charge in [-0.05, 0) is 39.0 Å². The van der Waals surface area contributed by atoms with E-state index >= 15 is 0 Å². The number of ether oxygens (including phenoxy) is 2. The van der Waals surface area contributed by atoms with E-state index in [4.69, 9.17) is 15.2 Å². The van der Waals surface area contributed by atoms with Gasteiger partial charge in [-0.2, -0.15) is 0 Å². The molecule has 0 aliphatic carbocycles. The van der Waals surface area contributed by atoms with E-state index in [9.17, 15) is 4.79 Å². The van der Waals surface area contributed by atoms with Gasteiger partial charge in [0.15, 0.2) is 0 Å². The van der Waals surface area contributed by atoms with Gasteiger partial charge < -0.3 is 15.2 Å². The minimum absolute atomic E-state index is 0.424. The summed E-state index contributed by atoms with van der Waals surface area (Å²) in [5.41, 5.74) is 6.51. The molecule has 1 aromatic carbocycles. The molecule has 1 heterocycles. The molecule has 0 spiro atoms. The molecule has 0 aliphatic heterocycles. The highest BCUT2D eigenvalue weighted by Gasteiger charge is 2.19. The van der Waals surface area contributed by atoms with E-state index in [1.54, 1.807) is 25.4 Å². The Balaban J connectivity index is 2.46. The van der Waals surface area contributed by atoms with Crippen LogP contribution < -0.4 is 10.5 Å². The molecule has 0 saturated heterocycles. The molecule has 0 unspecified atom stereocenters. The first-order valence-corrected chi connectivity index (χ1v) is 6.00. The maximum atomic E-state index is 12.1. The number of rotatable bonds is 1. The van der Waals surface area contributed by atoms with E-state index in [2.05, 4.69) is 0 Å². The highest BCUT2D eigenvalue weighted by molar-refractivity contribution is 5.93. The molecule has 0 amide bonds. The number of nitrogen functional groups attached to an aromatic ring is 1. The Kier molecular flexibility index (Phi) is 3.14. The first kappa shape index (κ1) is 13.3. The lowest BCUT2D eigenvalue weighted by Gasteiger charge is -2.19. The Hall–Kier alpha value is -2.17. The minimum Gasteiger partial charge on any atom is -0.495 e. The van der Waals surface area contributed by atoms with E-state index in [1.165, 1.54) is 4.57 Å². The molecule has 2 N–H and O–H groups in total. The van der Waals surface area contributed by atoms with E-state index in [-0.39, 0.29) is 0 Å². The molecule has 19 heavy (non-hydrogen) atoms.